The van der Waals surface area contributed by atoms with Crippen molar-refractivity contribution in [1.29, 1.82) is 0 Å². The van der Waals surface area contributed by atoms with Crippen LogP contribution in [-0.2, 0) is 6.54 Å². The van der Waals surface area contributed by atoms with Crippen LogP contribution in [0, 0.1) is 0 Å². The predicted molar refractivity (Wildman–Crippen MR) is 59.7 cm³/mol. The van der Waals surface area contributed by atoms with E-state index in [-0.39, 0.29) is 0 Å². The van der Waals surface area contributed by atoms with Crippen LogP contribution in [-0.4, -0.2) is 11.7 Å². The fourth-order valence-electron chi connectivity index (χ4n) is 1.33. The van der Waals surface area contributed by atoms with Gasteiger partial charge in [0.05, 0.1) is 18.6 Å². The van der Waals surface area contributed by atoms with Gasteiger partial charge >= 0.3 is 0 Å². The number of nitrogens with one attached hydrogen (secondary N) is 1. The highest BCUT2D eigenvalue weighted by Crippen LogP contribution is 2.15. The van der Waals surface area contributed by atoms with Gasteiger partial charge in [0.15, 0.2) is 0 Å². The zero-order chi connectivity index (χ0) is 10.5. The number of aliphatic hydroxyl groups excluding tert-OH is 1. The maximum absolute atomic E-state index is 9.76. The minimum atomic E-state index is -0.428. The van der Waals surface area contributed by atoms with E-state index in [1.165, 1.54) is 0 Å². The molecule has 1 unspecified atom stereocenters. The summed E-state index contributed by atoms with van der Waals surface area (Å²) in [5.41, 5.74) is 2.06. The molecular formula is C11H13NO2S. The lowest BCUT2D eigenvalue weighted by atomic mass is 10.2. The monoisotopic (exact) mass is 223 g/mol. The Kier molecular flexibility index (Phi) is 3.55. The van der Waals surface area contributed by atoms with Gasteiger partial charge in [-0.2, -0.15) is 11.3 Å². The fourth-order valence-corrected chi connectivity index (χ4v) is 2.04. The Labute approximate surface area is 92.4 Å². The molecule has 15 heavy (non-hydrogen) atoms. The lowest BCUT2D eigenvalue weighted by Crippen LogP contribution is -2.20. The average molecular weight is 223 g/mol. The molecular weight excluding hydrogens is 210 g/mol. The van der Waals surface area contributed by atoms with Crippen molar-refractivity contribution in [3.8, 4) is 0 Å². The molecule has 0 fully saturated rings. The third kappa shape index (κ3) is 2.92. The van der Waals surface area contributed by atoms with Gasteiger partial charge in [-0.25, -0.2) is 0 Å². The van der Waals surface area contributed by atoms with Crippen molar-refractivity contribution in [2.75, 3.05) is 6.54 Å². The Balaban J connectivity index is 1.74. The van der Waals surface area contributed by atoms with Gasteiger partial charge in [0, 0.05) is 18.7 Å². The Hall–Kier alpha value is -1.10. The molecule has 3 nitrogen and oxygen atoms in total. The third-order valence-electron chi connectivity index (χ3n) is 2.17. The van der Waals surface area contributed by atoms with Crippen LogP contribution in [0.2, 0.25) is 0 Å². The van der Waals surface area contributed by atoms with Gasteiger partial charge in [0.25, 0.3) is 0 Å². The third-order valence-corrected chi connectivity index (χ3v) is 2.88. The first-order valence-electron chi connectivity index (χ1n) is 4.78. The molecule has 0 aliphatic carbocycles. The molecule has 0 spiro atoms. The summed E-state index contributed by atoms with van der Waals surface area (Å²) in [4.78, 5) is 0. The molecule has 0 amide bonds. The molecule has 80 valence electrons. The SMILES string of the molecule is OC(CNCc1ccoc1)c1ccsc1. The summed E-state index contributed by atoms with van der Waals surface area (Å²) >= 11 is 1.60. The number of hydrogen-bond donors (Lipinski definition) is 2. The minimum absolute atomic E-state index is 0.428. The molecule has 2 aromatic rings. The normalized spacial score (nSPS) is 12.9. The smallest absolute Gasteiger partial charge is 0.0947 e. The largest absolute Gasteiger partial charge is 0.472 e. The molecule has 0 aliphatic rings. The van der Waals surface area contributed by atoms with Crippen molar-refractivity contribution < 1.29 is 9.52 Å². The van der Waals surface area contributed by atoms with Crippen LogP contribution >= 0.6 is 11.3 Å². The van der Waals surface area contributed by atoms with Crippen molar-refractivity contribution in [1.82, 2.24) is 5.32 Å². The van der Waals surface area contributed by atoms with Gasteiger partial charge in [-0.15, -0.1) is 0 Å². The van der Waals surface area contributed by atoms with E-state index in [1.54, 1.807) is 23.9 Å². The number of thiophene rings is 1. The summed E-state index contributed by atoms with van der Waals surface area (Å²) in [7, 11) is 0. The molecule has 0 radical (unpaired) electrons. The lowest BCUT2D eigenvalue weighted by molar-refractivity contribution is 0.175. The van der Waals surface area contributed by atoms with E-state index < -0.39 is 6.10 Å². The summed E-state index contributed by atoms with van der Waals surface area (Å²) in [6.07, 6.45) is 2.92. The molecule has 0 bridgehead atoms. The van der Waals surface area contributed by atoms with E-state index >= 15 is 0 Å². The first kappa shape index (κ1) is 10.4. The van der Waals surface area contributed by atoms with Gasteiger partial charge in [-0.1, -0.05) is 0 Å². The molecule has 0 aromatic carbocycles. The number of hydrogen-bond acceptors (Lipinski definition) is 4. The summed E-state index contributed by atoms with van der Waals surface area (Å²) in [6.45, 7) is 1.28. The highest BCUT2D eigenvalue weighted by molar-refractivity contribution is 7.07. The first-order chi connectivity index (χ1) is 7.36. The second-order valence-electron chi connectivity index (χ2n) is 3.33. The Morgan fingerprint density at radius 3 is 3.07 bits per heavy atom. The molecule has 2 heterocycles. The molecule has 0 saturated heterocycles. The summed E-state index contributed by atoms with van der Waals surface area (Å²) in [5, 5.41) is 16.9. The Morgan fingerprint density at radius 2 is 2.40 bits per heavy atom. The van der Waals surface area contributed by atoms with Gasteiger partial charge in [0.1, 0.15) is 0 Å². The van der Waals surface area contributed by atoms with Crippen molar-refractivity contribution in [3.63, 3.8) is 0 Å². The topological polar surface area (TPSA) is 45.4 Å². The molecule has 2 aromatic heterocycles. The quantitative estimate of drug-likeness (QED) is 0.816. The van der Waals surface area contributed by atoms with Crippen LogP contribution in [0.3, 0.4) is 0 Å². The predicted octanol–water partition coefficient (Wildman–Crippen LogP) is 2.16. The molecule has 4 heteroatoms. The van der Waals surface area contributed by atoms with Crippen molar-refractivity contribution in [3.05, 3.63) is 46.5 Å². The fraction of sp³-hybridized carbons (Fsp3) is 0.273. The second kappa shape index (κ2) is 5.11. The molecule has 2 N–H and O–H groups in total. The minimum Gasteiger partial charge on any atom is -0.472 e. The maximum atomic E-state index is 9.76. The van der Waals surface area contributed by atoms with E-state index in [4.69, 9.17) is 4.42 Å². The van der Waals surface area contributed by atoms with E-state index in [1.807, 2.05) is 22.9 Å². The van der Waals surface area contributed by atoms with Gasteiger partial charge < -0.3 is 14.8 Å². The summed E-state index contributed by atoms with van der Waals surface area (Å²) in [5.74, 6) is 0. The van der Waals surface area contributed by atoms with Crippen molar-refractivity contribution >= 4 is 11.3 Å². The van der Waals surface area contributed by atoms with Gasteiger partial charge in [0.2, 0.25) is 0 Å². The number of rotatable bonds is 5. The zero-order valence-electron chi connectivity index (χ0n) is 8.22. The summed E-state index contributed by atoms with van der Waals surface area (Å²) < 4.78 is 4.94. The molecule has 0 aliphatic heterocycles. The molecule has 1 atom stereocenters. The van der Waals surface area contributed by atoms with Crippen LogP contribution in [0.25, 0.3) is 0 Å². The van der Waals surface area contributed by atoms with E-state index in [9.17, 15) is 5.11 Å². The lowest BCUT2D eigenvalue weighted by Gasteiger charge is -2.09. The van der Waals surface area contributed by atoms with E-state index in [0.29, 0.717) is 6.54 Å². The van der Waals surface area contributed by atoms with Crippen LogP contribution in [0.4, 0.5) is 0 Å². The highest BCUT2D eigenvalue weighted by atomic mass is 32.1. The zero-order valence-corrected chi connectivity index (χ0v) is 9.04. The van der Waals surface area contributed by atoms with Crippen LogP contribution < -0.4 is 5.32 Å². The maximum Gasteiger partial charge on any atom is 0.0947 e. The number of furan rings is 1. The second-order valence-corrected chi connectivity index (χ2v) is 4.12. The van der Waals surface area contributed by atoms with E-state index in [2.05, 4.69) is 5.32 Å². The first-order valence-corrected chi connectivity index (χ1v) is 5.72. The summed E-state index contributed by atoms with van der Waals surface area (Å²) in [6, 6.07) is 3.85. The van der Waals surface area contributed by atoms with Crippen LogP contribution in [0.5, 0.6) is 0 Å². The molecule has 0 saturated carbocycles. The van der Waals surface area contributed by atoms with Crippen LogP contribution in [0.15, 0.2) is 39.8 Å². The molecule has 2 rings (SSSR count). The van der Waals surface area contributed by atoms with Crippen LogP contribution in [0.1, 0.15) is 17.2 Å². The average Bonchev–Trinajstić information content (AvgIpc) is 2.90. The van der Waals surface area contributed by atoms with Crippen molar-refractivity contribution in [2.45, 2.75) is 12.6 Å². The van der Waals surface area contributed by atoms with E-state index in [0.717, 1.165) is 17.7 Å². The van der Waals surface area contributed by atoms with Crippen molar-refractivity contribution in [2.24, 2.45) is 0 Å². The Morgan fingerprint density at radius 1 is 1.47 bits per heavy atom. The standard InChI is InChI=1S/C11H13NO2S/c13-11(10-2-4-15-8-10)6-12-5-9-1-3-14-7-9/h1-4,7-8,11-13H,5-6H2. The van der Waals surface area contributed by atoms with Gasteiger partial charge in [-0.3, -0.25) is 0 Å². The highest BCUT2D eigenvalue weighted by Gasteiger charge is 2.06. The number of aliphatic hydroxyl groups is 1. The Bertz CT molecular complexity index is 369. The van der Waals surface area contributed by atoms with Gasteiger partial charge in [-0.05, 0) is 28.5 Å².